The van der Waals surface area contributed by atoms with Crippen LogP contribution in [-0.4, -0.2) is 38.6 Å². The molecule has 0 saturated carbocycles. The van der Waals surface area contributed by atoms with Crippen LogP contribution in [0.1, 0.15) is 45.1 Å². The van der Waals surface area contributed by atoms with Crippen LogP contribution < -0.4 is 4.90 Å². The van der Waals surface area contributed by atoms with Gasteiger partial charge in [0.25, 0.3) is 0 Å². The van der Waals surface area contributed by atoms with Crippen molar-refractivity contribution < 1.29 is 8.78 Å². The Balaban J connectivity index is 2.08. The molecule has 1 unspecified atom stereocenters. The van der Waals surface area contributed by atoms with E-state index >= 15 is 0 Å². The van der Waals surface area contributed by atoms with Gasteiger partial charge in [-0.3, -0.25) is 4.68 Å². The molecule has 29 heavy (non-hydrogen) atoms. The zero-order valence-corrected chi connectivity index (χ0v) is 18.0. The Morgan fingerprint density at radius 1 is 1.14 bits per heavy atom. The molecule has 1 atom stereocenters. The monoisotopic (exact) mass is 402 g/mol. The van der Waals surface area contributed by atoms with E-state index in [9.17, 15) is 8.78 Å². The Morgan fingerprint density at radius 2 is 1.76 bits per heavy atom. The Bertz CT molecular complexity index is 990. The molecule has 0 aliphatic heterocycles. The molecule has 0 aliphatic rings. The molecule has 0 radical (unpaired) electrons. The molecular weight excluding hydrogens is 374 g/mol. The van der Waals surface area contributed by atoms with Crippen LogP contribution in [0.2, 0.25) is 0 Å². The van der Waals surface area contributed by atoms with Crippen LogP contribution in [0.15, 0.2) is 24.5 Å². The van der Waals surface area contributed by atoms with Crippen LogP contribution in [0, 0.1) is 17.0 Å². The third-order valence-corrected chi connectivity index (χ3v) is 5.16. The quantitative estimate of drug-likeness (QED) is 0.641. The molecule has 0 aliphatic carbocycles. The first kappa shape index (κ1) is 21.0. The number of benzene rings is 1. The van der Waals surface area contributed by atoms with E-state index in [1.165, 1.54) is 17.0 Å². The molecule has 0 fully saturated rings. The minimum Gasteiger partial charge on any atom is -0.373 e. The molecule has 0 saturated heterocycles. The number of hydrogen-bond acceptors (Lipinski definition) is 4. The average Bonchev–Trinajstić information content (AvgIpc) is 3.19. The first-order chi connectivity index (χ1) is 13.5. The topological polar surface area (TPSA) is 51.8 Å². The lowest BCUT2D eigenvalue weighted by atomic mass is 9.88. The summed E-state index contributed by atoms with van der Waals surface area (Å²) < 4.78 is 32.6. The summed E-state index contributed by atoms with van der Waals surface area (Å²) in [6.45, 7) is 8.44. The van der Waals surface area contributed by atoms with Crippen molar-refractivity contribution in [1.82, 2.24) is 24.5 Å². The van der Waals surface area contributed by atoms with Crippen LogP contribution in [0.5, 0.6) is 0 Å². The smallest absolute Gasteiger partial charge is 0.181 e. The van der Waals surface area contributed by atoms with Gasteiger partial charge in [-0.05, 0) is 30.0 Å². The van der Waals surface area contributed by atoms with Crippen molar-refractivity contribution in [2.75, 3.05) is 19.0 Å². The van der Waals surface area contributed by atoms with Gasteiger partial charge in [-0.15, -0.1) is 0 Å². The zero-order chi connectivity index (χ0) is 21.5. The molecule has 0 amide bonds. The standard InChI is InChI=1S/C21H28F2N6/c1-13(21(2,3)4)29-18(8-14-11-24-28(7)12-14)25-20(26-29)15-9-16(22)19(27(5)6)17(23)10-15/h9-13H,8H2,1-7H3. The molecule has 1 aromatic carbocycles. The highest BCUT2D eigenvalue weighted by atomic mass is 19.1. The summed E-state index contributed by atoms with van der Waals surface area (Å²) in [5, 5.41) is 8.84. The fraction of sp³-hybridized carbons (Fsp3) is 0.476. The summed E-state index contributed by atoms with van der Waals surface area (Å²) in [5.74, 6) is -0.242. The van der Waals surface area contributed by atoms with Gasteiger partial charge in [0.1, 0.15) is 23.1 Å². The molecule has 0 bridgehead atoms. The van der Waals surface area contributed by atoms with E-state index in [0.29, 0.717) is 17.8 Å². The Morgan fingerprint density at radius 3 is 2.24 bits per heavy atom. The molecule has 3 aromatic rings. The van der Waals surface area contributed by atoms with Crippen LogP contribution in [0.3, 0.4) is 0 Å². The van der Waals surface area contributed by atoms with E-state index in [4.69, 9.17) is 0 Å². The van der Waals surface area contributed by atoms with Crippen LogP contribution in [0.4, 0.5) is 14.5 Å². The maximum Gasteiger partial charge on any atom is 0.181 e. The van der Waals surface area contributed by atoms with Gasteiger partial charge in [-0.2, -0.15) is 10.2 Å². The van der Waals surface area contributed by atoms with E-state index in [-0.39, 0.29) is 17.1 Å². The summed E-state index contributed by atoms with van der Waals surface area (Å²) in [4.78, 5) is 6.06. The van der Waals surface area contributed by atoms with Crippen LogP contribution in [0.25, 0.3) is 11.4 Å². The largest absolute Gasteiger partial charge is 0.373 e. The molecule has 2 heterocycles. The van der Waals surface area contributed by atoms with Gasteiger partial charge in [0.15, 0.2) is 5.82 Å². The maximum atomic E-state index is 14.5. The van der Waals surface area contributed by atoms with E-state index in [2.05, 4.69) is 42.9 Å². The first-order valence-electron chi connectivity index (χ1n) is 9.57. The zero-order valence-electron chi connectivity index (χ0n) is 18.0. The SMILES string of the molecule is CC(n1nc(-c2cc(F)c(N(C)C)c(F)c2)nc1Cc1cnn(C)c1)C(C)(C)C. The highest BCUT2D eigenvalue weighted by molar-refractivity contribution is 5.61. The minimum atomic E-state index is -0.640. The second-order valence-electron chi connectivity index (χ2n) is 8.72. The lowest BCUT2D eigenvalue weighted by molar-refractivity contribution is 0.240. The lowest BCUT2D eigenvalue weighted by Gasteiger charge is -2.28. The molecular formula is C21H28F2N6. The van der Waals surface area contributed by atoms with E-state index in [1.807, 2.05) is 17.9 Å². The second kappa shape index (κ2) is 7.57. The highest BCUT2D eigenvalue weighted by Gasteiger charge is 2.27. The van der Waals surface area contributed by atoms with Crippen molar-refractivity contribution in [2.24, 2.45) is 12.5 Å². The number of aryl methyl sites for hydroxylation is 1. The number of hydrogen-bond donors (Lipinski definition) is 0. The number of anilines is 1. The Hall–Kier alpha value is -2.77. The molecule has 2 aromatic heterocycles. The molecule has 0 spiro atoms. The Kier molecular flexibility index (Phi) is 5.47. The third kappa shape index (κ3) is 4.31. The molecule has 8 heteroatoms. The van der Waals surface area contributed by atoms with Crippen LogP contribution in [-0.2, 0) is 13.5 Å². The van der Waals surface area contributed by atoms with Gasteiger partial charge < -0.3 is 4.90 Å². The van der Waals surface area contributed by atoms with Gasteiger partial charge >= 0.3 is 0 Å². The van der Waals surface area contributed by atoms with Crippen molar-refractivity contribution in [1.29, 1.82) is 0 Å². The predicted molar refractivity (Wildman–Crippen MR) is 110 cm³/mol. The molecule has 0 N–H and O–H groups in total. The first-order valence-corrected chi connectivity index (χ1v) is 9.57. The highest BCUT2D eigenvalue weighted by Crippen LogP contribution is 2.33. The number of halogens is 2. The third-order valence-electron chi connectivity index (χ3n) is 5.16. The average molecular weight is 402 g/mol. The van der Waals surface area contributed by atoms with Gasteiger partial charge in [0.05, 0.1) is 12.2 Å². The molecule has 6 nitrogen and oxygen atoms in total. The summed E-state index contributed by atoms with van der Waals surface area (Å²) in [6.07, 6.45) is 4.24. The summed E-state index contributed by atoms with van der Waals surface area (Å²) in [6, 6.07) is 2.60. The molecule has 3 rings (SSSR count). The number of rotatable bonds is 5. The summed E-state index contributed by atoms with van der Waals surface area (Å²) in [7, 11) is 5.06. The second-order valence-corrected chi connectivity index (χ2v) is 8.72. The number of aromatic nitrogens is 5. The fourth-order valence-corrected chi connectivity index (χ4v) is 3.14. The van der Waals surface area contributed by atoms with Crippen molar-refractivity contribution in [3.63, 3.8) is 0 Å². The van der Waals surface area contributed by atoms with E-state index in [1.54, 1.807) is 25.0 Å². The van der Waals surface area contributed by atoms with Crippen molar-refractivity contribution in [2.45, 2.75) is 40.2 Å². The lowest BCUT2D eigenvalue weighted by Crippen LogP contribution is -2.24. The maximum absolute atomic E-state index is 14.5. The molecule has 156 valence electrons. The van der Waals surface area contributed by atoms with E-state index < -0.39 is 11.6 Å². The fourth-order valence-electron chi connectivity index (χ4n) is 3.14. The Labute approximate surface area is 170 Å². The van der Waals surface area contributed by atoms with Gasteiger partial charge in [-0.25, -0.2) is 18.4 Å². The predicted octanol–water partition coefficient (Wildman–Crippen LogP) is 4.22. The van der Waals surface area contributed by atoms with Crippen molar-refractivity contribution in [3.8, 4) is 11.4 Å². The van der Waals surface area contributed by atoms with Gasteiger partial charge in [0, 0.05) is 39.3 Å². The van der Waals surface area contributed by atoms with Gasteiger partial charge in [-0.1, -0.05) is 20.8 Å². The van der Waals surface area contributed by atoms with Crippen molar-refractivity contribution >= 4 is 5.69 Å². The summed E-state index contributed by atoms with van der Waals surface area (Å²) in [5.41, 5.74) is 1.17. The van der Waals surface area contributed by atoms with E-state index in [0.717, 1.165) is 11.4 Å². The van der Waals surface area contributed by atoms with Gasteiger partial charge in [0.2, 0.25) is 0 Å². The van der Waals surface area contributed by atoms with Crippen molar-refractivity contribution in [3.05, 3.63) is 47.5 Å². The number of nitrogens with zero attached hydrogens (tertiary/aromatic N) is 6. The summed E-state index contributed by atoms with van der Waals surface area (Å²) >= 11 is 0. The minimum absolute atomic E-state index is 0.0335. The normalized spacial score (nSPS) is 13.0. The van der Waals surface area contributed by atoms with Crippen LogP contribution >= 0.6 is 0 Å².